The SMILES string of the molecule is CC(C)OCCCCNC(=O)COCC(=O)O. The predicted octanol–water partition coefficient (Wildman–Crippen LogP) is 0.409. The van der Waals surface area contributed by atoms with Crippen LogP contribution in [0.1, 0.15) is 26.7 Å². The van der Waals surface area contributed by atoms with Gasteiger partial charge in [0.2, 0.25) is 5.91 Å². The molecule has 0 saturated carbocycles. The van der Waals surface area contributed by atoms with E-state index in [0.29, 0.717) is 13.2 Å². The second-order valence-corrected chi connectivity index (χ2v) is 3.86. The molecular weight excluding hydrogens is 226 g/mol. The lowest BCUT2D eigenvalue weighted by Gasteiger charge is -2.07. The van der Waals surface area contributed by atoms with Crippen LogP contribution in [0.2, 0.25) is 0 Å². The van der Waals surface area contributed by atoms with Crippen molar-refractivity contribution < 1.29 is 24.2 Å². The van der Waals surface area contributed by atoms with E-state index in [9.17, 15) is 9.59 Å². The van der Waals surface area contributed by atoms with Crippen LogP contribution < -0.4 is 5.32 Å². The highest BCUT2D eigenvalue weighted by atomic mass is 16.5. The number of carboxylic acids is 1. The topological polar surface area (TPSA) is 84.9 Å². The summed E-state index contributed by atoms with van der Waals surface area (Å²) in [5.74, 6) is -1.38. The third-order valence-corrected chi connectivity index (χ3v) is 1.80. The molecule has 0 fully saturated rings. The lowest BCUT2D eigenvalue weighted by molar-refractivity contribution is -0.143. The van der Waals surface area contributed by atoms with E-state index in [1.165, 1.54) is 0 Å². The molecule has 6 nitrogen and oxygen atoms in total. The van der Waals surface area contributed by atoms with E-state index in [1.807, 2.05) is 13.8 Å². The number of hydrogen-bond donors (Lipinski definition) is 2. The van der Waals surface area contributed by atoms with Crippen LogP contribution in [0.15, 0.2) is 0 Å². The van der Waals surface area contributed by atoms with Gasteiger partial charge in [-0.05, 0) is 26.7 Å². The largest absolute Gasteiger partial charge is 0.480 e. The van der Waals surface area contributed by atoms with Crippen molar-refractivity contribution in [1.29, 1.82) is 0 Å². The first-order valence-electron chi connectivity index (χ1n) is 5.70. The Morgan fingerprint density at radius 1 is 1.24 bits per heavy atom. The summed E-state index contributed by atoms with van der Waals surface area (Å²) >= 11 is 0. The quantitative estimate of drug-likeness (QED) is 0.546. The zero-order valence-electron chi connectivity index (χ0n) is 10.4. The van der Waals surface area contributed by atoms with Crippen molar-refractivity contribution in [3.63, 3.8) is 0 Å². The molecular formula is C11H21NO5. The number of aliphatic carboxylic acids is 1. The molecule has 0 rings (SSSR count). The summed E-state index contributed by atoms with van der Waals surface area (Å²) in [6, 6.07) is 0. The zero-order valence-corrected chi connectivity index (χ0v) is 10.4. The fourth-order valence-electron chi connectivity index (χ4n) is 1.06. The van der Waals surface area contributed by atoms with Gasteiger partial charge in [-0.3, -0.25) is 4.79 Å². The van der Waals surface area contributed by atoms with Gasteiger partial charge < -0.3 is 19.9 Å². The number of rotatable bonds is 10. The molecule has 0 atom stereocenters. The van der Waals surface area contributed by atoms with Crippen LogP contribution in [0.5, 0.6) is 0 Å². The molecule has 0 heterocycles. The van der Waals surface area contributed by atoms with Crippen molar-refractivity contribution in [3.8, 4) is 0 Å². The van der Waals surface area contributed by atoms with E-state index >= 15 is 0 Å². The van der Waals surface area contributed by atoms with Gasteiger partial charge in [0, 0.05) is 13.2 Å². The van der Waals surface area contributed by atoms with Gasteiger partial charge in [-0.1, -0.05) is 0 Å². The minimum Gasteiger partial charge on any atom is -0.480 e. The molecule has 0 saturated heterocycles. The van der Waals surface area contributed by atoms with Gasteiger partial charge in [0.05, 0.1) is 6.10 Å². The number of nitrogens with one attached hydrogen (secondary N) is 1. The summed E-state index contributed by atoms with van der Waals surface area (Å²) < 4.78 is 9.97. The molecule has 0 aromatic heterocycles. The lowest BCUT2D eigenvalue weighted by atomic mass is 10.3. The Hall–Kier alpha value is -1.14. The standard InChI is InChI=1S/C11H21NO5/c1-9(2)17-6-4-3-5-12-10(13)7-16-8-11(14)15/h9H,3-8H2,1-2H3,(H,12,13)(H,14,15). The average molecular weight is 247 g/mol. The molecule has 0 spiro atoms. The number of carbonyl (C=O) groups is 2. The third kappa shape index (κ3) is 12.8. The highest BCUT2D eigenvalue weighted by molar-refractivity contribution is 5.77. The fraction of sp³-hybridized carbons (Fsp3) is 0.818. The first-order valence-corrected chi connectivity index (χ1v) is 5.70. The van der Waals surface area contributed by atoms with Gasteiger partial charge in [-0.2, -0.15) is 0 Å². The van der Waals surface area contributed by atoms with Crippen molar-refractivity contribution in [2.45, 2.75) is 32.8 Å². The van der Waals surface area contributed by atoms with Gasteiger partial charge in [-0.15, -0.1) is 0 Å². The first kappa shape index (κ1) is 15.9. The van der Waals surface area contributed by atoms with Crippen molar-refractivity contribution >= 4 is 11.9 Å². The molecule has 0 aromatic carbocycles. The predicted molar refractivity (Wildman–Crippen MR) is 61.8 cm³/mol. The second kappa shape index (κ2) is 10.0. The van der Waals surface area contributed by atoms with E-state index in [1.54, 1.807) is 0 Å². The molecule has 17 heavy (non-hydrogen) atoms. The molecule has 0 aliphatic carbocycles. The monoisotopic (exact) mass is 247 g/mol. The molecule has 0 bridgehead atoms. The Morgan fingerprint density at radius 3 is 2.53 bits per heavy atom. The number of amides is 1. The van der Waals surface area contributed by atoms with Gasteiger partial charge in [0.25, 0.3) is 0 Å². The minimum absolute atomic E-state index is 0.213. The van der Waals surface area contributed by atoms with Crippen LogP contribution in [0, 0.1) is 0 Å². The maximum Gasteiger partial charge on any atom is 0.329 e. The highest BCUT2D eigenvalue weighted by Gasteiger charge is 2.02. The van der Waals surface area contributed by atoms with E-state index in [4.69, 9.17) is 9.84 Å². The van der Waals surface area contributed by atoms with Gasteiger partial charge in [-0.25, -0.2) is 4.79 Å². The van der Waals surface area contributed by atoms with Crippen molar-refractivity contribution in [1.82, 2.24) is 5.32 Å². The molecule has 0 aliphatic rings. The number of ether oxygens (including phenoxy) is 2. The molecule has 1 amide bonds. The smallest absolute Gasteiger partial charge is 0.329 e. The van der Waals surface area contributed by atoms with Crippen LogP contribution in [0.3, 0.4) is 0 Å². The Balaban J connectivity index is 3.25. The van der Waals surface area contributed by atoms with Crippen molar-refractivity contribution in [3.05, 3.63) is 0 Å². The zero-order chi connectivity index (χ0) is 13.1. The minimum atomic E-state index is -1.08. The van der Waals surface area contributed by atoms with Crippen molar-refractivity contribution in [2.75, 3.05) is 26.4 Å². The van der Waals surface area contributed by atoms with Crippen LogP contribution in [-0.4, -0.2) is 49.5 Å². The highest BCUT2D eigenvalue weighted by Crippen LogP contribution is 1.93. The van der Waals surface area contributed by atoms with Gasteiger partial charge in [0.1, 0.15) is 13.2 Å². The Labute approximate surface area is 101 Å². The van der Waals surface area contributed by atoms with Crippen LogP contribution in [0.25, 0.3) is 0 Å². The third-order valence-electron chi connectivity index (χ3n) is 1.80. The molecule has 0 radical (unpaired) electrons. The van der Waals surface area contributed by atoms with Gasteiger partial charge >= 0.3 is 5.97 Å². The normalized spacial score (nSPS) is 10.5. The van der Waals surface area contributed by atoms with E-state index in [0.717, 1.165) is 12.8 Å². The maximum atomic E-state index is 11.1. The molecule has 0 aliphatic heterocycles. The van der Waals surface area contributed by atoms with E-state index in [2.05, 4.69) is 10.1 Å². The second-order valence-electron chi connectivity index (χ2n) is 3.86. The molecule has 2 N–H and O–H groups in total. The average Bonchev–Trinajstić information content (AvgIpc) is 2.22. The molecule has 0 unspecified atom stereocenters. The molecule has 0 aromatic rings. The van der Waals surface area contributed by atoms with Crippen molar-refractivity contribution in [2.24, 2.45) is 0 Å². The Bertz CT molecular complexity index is 230. The van der Waals surface area contributed by atoms with Crippen LogP contribution in [0.4, 0.5) is 0 Å². The van der Waals surface area contributed by atoms with E-state index in [-0.39, 0.29) is 18.6 Å². The summed E-state index contributed by atoms with van der Waals surface area (Å²) in [6.45, 7) is 4.52. The molecule has 100 valence electrons. The summed E-state index contributed by atoms with van der Waals surface area (Å²) in [5, 5.41) is 10.9. The Morgan fingerprint density at radius 2 is 1.94 bits per heavy atom. The summed E-state index contributed by atoms with van der Waals surface area (Å²) in [4.78, 5) is 21.2. The molecule has 6 heteroatoms. The summed E-state index contributed by atoms with van der Waals surface area (Å²) in [7, 11) is 0. The number of unbranched alkanes of at least 4 members (excludes halogenated alkanes) is 1. The lowest BCUT2D eigenvalue weighted by Crippen LogP contribution is -2.29. The van der Waals surface area contributed by atoms with Crippen LogP contribution >= 0.6 is 0 Å². The summed E-state index contributed by atoms with van der Waals surface area (Å²) in [6.07, 6.45) is 1.94. The number of carbonyl (C=O) groups excluding carboxylic acids is 1. The first-order chi connectivity index (χ1) is 8.02. The summed E-state index contributed by atoms with van der Waals surface area (Å²) in [5.41, 5.74) is 0. The number of carboxylic acid groups (broad SMARTS) is 1. The van der Waals surface area contributed by atoms with Gasteiger partial charge in [0.15, 0.2) is 0 Å². The number of hydrogen-bond acceptors (Lipinski definition) is 4. The fourth-order valence-corrected chi connectivity index (χ4v) is 1.06. The maximum absolute atomic E-state index is 11.1. The Kier molecular flexibility index (Phi) is 9.37. The van der Waals surface area contributed by atoms with Crippen LogP contribution in [-0.2, 0) is 19.1 Å². The van der Waals surface area contributed by atoms with E-state index < -0.39 is 12.6 Å².